The van der Waals surface area contributed by atoms with E-state index in [2.05, 4.69) is 5.32 Å². The highest BCUT2D eigenvalue weighted by atomic mass is 32.2. The van der Waals surface area contributed by atoms with E-state index in [0.29, 0.717) is 17.2 Å². The van der Waals surface area contributed by atoms with E-state index in [1.54, 1.807) is 18.2 Å². The van der Waals surface area contributed by atoms with Crippen molar-refractivity contribution in [1.82, 2.24) is 5.32 Å². The van der Waals surface area contributed by atoms with Gasteiger partial charge >= 0.3 is 0 Å². The van der Waals surface area contributed by atoms with Crippen molar-refractivity contribution < 1.29 is 27.1 Å². The maximum Gasteiger partial charge on any atom is 0.251 e. The minimum absolute atomic E-state index is 0.0134. The molecule has 0 radical (unpaired) electrons. The summed E-state index contributed by atoms with van der Waals surface area (Å²) in [6.45, 7) is 0.151. The molecule has 0 aliphatic carbocycles. The summed E-state index contributed by atoms with van der Waals surface area (Å²) in [5.41, 5.74) is 0.565. The van der Waals surface area contributed by atoms with Crippen LogP contribution in [0.1, 0.15) is 10.4 Å². The number of benzene rings is 2. The molecule has 0 atom stereocenters. The predicted octanol–water partition coefficient (Wildman–Crippen LogP) is 1.75. The first-order chi connectivity index (χ1) is 12.3. The van der Waals surface area contributed by atoms with Crippen molar-refractivity contribution >= 4 is 21.6 Å². The zero-order valence-corrected chi connectivity index (χ0v) is 14.8. The molecule has 26 heavy (non-hydrogen) atoms. The summed E-state index contributed by atoms with van der Waals surface area (Å²) >= 11 is 0. The van der Waals surface area contributed by atoms with Crippen LogP contribution in [-0.4, -0.2) is 40.5 Å². The molecule has 0 unspecified atom stereocenters. The zero-order valence-electron chi connectivity index (χ0n) is 13.9. The average molecular weight is 380 g/mol. The van der Waals surface area contributed by atoms with Crippen LogP contribution in [0.4, 0.5) is 10.1 Å². The summed E-state index contributed by atoms with van der Waals surface area (Å²) in [4.78, 5) is 12.0. The Morgan fingerprint density at radius 1 is 1.19 bits per heavy atom. The number of rotatable bonds is 6. The molecule has 138 valence electrons. The summed E-state index contributed by atoms with van der Waals surface area (Å²) in [6.07, 6.45) is 1.08. The highest BCUT2D eigenvalue weighted by molar-refractivity contribution is 7.92. The number of nitrogens with zero attached hydrogens (tertiary/aromatic N) is 1. The molecule has 0 fully saturated rings. The van der Waals surface area contributed by atoms with Gasteiger partial charge in [-0.2, -0.15) is 0 Å². The molecule has 0 aromatic heterocycles. The SMILES string of the molecule is CS(=O)(=O)N(CCNC(=O)c1cccc(F)c1)c1ccc2c(c1)OCO2. The van der Waals surface area contributed by atoms with Crippen LogP contribution in [0.2, 0.25) is 0 Å². The van der Waals surface area contributed by atoms with Crippen LogP contribution in [-0.2, 0) is 10.0 Å². The Morgan fingerprint density at radius 2 is 1.96 bits per heavy atom. The number of fused-ring (bicyclic) bond motifs is 1. The largest absolute Gasteiger partial charge is 0.454 e. The van der Waals surface area contributed by atoms with Crippen LogP contribution in [0.25, 0.3) is 0 Å². The summed E-state index contributed by atoms with van der Waals surface area (Å²) in [5, 5.41) is 2.58. The lowest BCUT2D eigenvalue weighted by Crippen LogP contribution is -2.38. The number of carbonyl (C=O) groups excluding carboxylic acids is 1. The zero-order chi connectivity index (χ0) is 18.7. The Morgan fingerprint density at radius 3 is 2.69 bits per heavy atom. The van der Waals surface area contributed by atoms with E-state index in [1.807, 2.05) is 0 Å². The van der Waals surface area contributed by atoms with E-state index >= 15 is 0 Å². The third-order valence-electron chi connectivity index (χ3n) is 3.73. The molecule has 0 saturated heterocycles. The average Bonchev–Trinajstić information content (AvgIpc) is 3.05. The lowest BCUT2D eigenvalue weighted by atomic mass is 10.2. The normalized spacial score (nSPS) is 12.7. The van der Waals surface area contributed by atoms with E-state index in [9.17, 15) is 17.6 Å². The van der Waals surface area contributed by atoms with Gasteiger partial charge in [-0.1, -0.05) is 6.07 Å². The molecular weight excluding hydrogens is 363 g/mol. The Hall–Kier alpha value is -2.81. The second kappa shape index (κ2) is 7.20. The number of hydrogen-bond donors (Lipinski definition) is 1. The minimum atomic E-state index is -3.58. The van der Waals surface area contributed by atoms with E-state index in [-0.39, 0.29) is 25.4 Å². The number of halogens is 1. The van der Waals surface area contributed by atoms with Gasteiger partial charge in [0.2, 0.25) is 16.8 Å². The molecule has 0 bridgehead atoms. The Labute approximate surface area is 150 Å². The summed E-state index contributed by atoms with van der Waals surface area (Å²) in [5.74, 6) is 0.000893. The van der Waals surface area contributed by atoms with Crippen molar-refractivity contribution in [1.29, 1.82) is 0 Å². The minimum Gasteiger partial charge on any atom is -0.454 e. The van der Waals surface area contributed by atoms with E-state index in [0.717, 1.165) is 16.6 Å². The number of hydrogen-bond acceptors (Lipinski definition) is 5. The number of amides is 1. The molecular formula is C17H17FN2O5S. The lowest BCUT2D eigenvalue weighted by Gasteiger charge is -2.22. The van der Waals surface area contributed by atoms with Crippen molar-refractivity contribution in [3.05, 3.63) is 53.8 Å². The molecule has 9 heteroatoms. The molecule has 7 nitrogen and oxygen atoms in total. The molecule has 0 spiro atoms. The van der Waals surface area contributed by atoms with Gasteiger partial charge in [-0.05, 0) is 30.3 Å². The summed E-state index contributed by atoms with van der Waals surface area (Å²) < 4.78 is 49.0. The molecule has 0 saturated carbocycles. The second-order valence-electron chi connectivity index (χ2n) is 5.64. The fourth-order valence-electron chi connectivity index (χ4n) is 2.53. The third kappa shape index (κ3) is 4.05. The second-order valence-corrected chi connectivity index (χ2v) is 7.55. The van der Waals surface area contributed by atoms with Gasteiger partial charge in [0.25, 0.3) is 5.91 Å². The molecule has 2 aromatic rings. The first-order valence-corrected chi connectivity index (χ1v) is 9.60. The molecule has 2 aromatic carbocycles. The summed E-state index contributed by atoms with van der Waals surface area (Å²) in [6, 6.07) is 10.1. The van der Waals surface area contributed by atoms with Crippen molar-refractivity contribution in [3.63, 3.8) is 0 Å². The standard InChI is InChI=1S/C17H17FN2O5S/c1-26(22,23)20(14-5-6-15-16(10-14)25-11-24-15)8-7-19-17(21)12-3-2-4-13(18)9-12/h2-6,9-10H,7-8,11H2,1H3,(H,19,21). The van der Waals surface area contributed by atoms with Crippen LogP contribution in [0.15, 0.2) is 42.5 Å². The van der Waals surface area contributed by atoms with Gasteiger partial charge in [-0.15, -0.1) is 0 Å². The van der Waals surface area contributed by atoms with Gasteiger partial charge in [-0.3, -0.25) is 9.10 Å². The first-order valence-electron chi connectivity index (χ1n) is 7.76. The quantitative estimate of drug-likeness (QED) is 0.825. The molecule has 1 aliphatic rings. The topological polar surface area (TPSA) is 84.9 Å². The Kier molecular flexibility index (Phi) is 4.99. The van der Waals surface area contributed by atoms with Crippen LogP contribution < -0.4 is 19.1 Å². The molecule has 1 N–H and O–H groups in total. The lowest BCUT2D eigenvalue weighted by molar-refractivity contribution is 0.0954. The maximum absolute atomic E-state index is 13.2. The van der Waals surface area contributed by atoms with Gasteiger partial charge in [0, 0.05) is 18.2 Å². The fourth-order valence-corrected chi connectivity index (χ4v) is 3.45. The van der Waals surface area contributed by atoms with Crippen LogP contribution in [0.5, 0.6) is 11.5 Å². The van der Waals surface area contributed by atoms with Crippen molar-refractivity contribution in [3.8, 4) is 11.5 Å². The van der Waals surface area contributed by atoms with Crippen LogP contribution in [0.3, 0.4) is 0 Å². The van der Waals surface area contributed by atoms with Gasteiger partial charge in [0.05, 0.1) is 18.5 Å². The van der Waals surface area contributed by atoms with E-state index in [4.69, 9.17) is 9.47 Å². The van der Waals surface area contributed by atoms with Gasteiger partial charge in [0.15, 0.2) is 11.5 Å². The molecule has 1 aliphatic heterocycles. The van der Waals surface area contributed by atoms with E-state index < -0.39 is 21.7 Å². The Balaban J connectivity index is 1.69. The predicted molar refractivity (Wildman–Crippen MR) is 93.5 cm³/mol. The van der Waals surface area contributed by atoms with Crippen molar-refractivity contribution in [2.24, 2.45) is 0 Å². The van der Waals surface area contributed by atoms with Crippen molar-refractivity contribution in [2.45, 2.75) is 0 Å². The van der Waals surface area contributed by atoms with Crippen LogP contribution in [0, 0.1) is 5.82 Å². The smallest absolute Gasteiger partial charge is 0.251 e. The molecule has 1 heterocycles. The van der Waals surface area contributed by atoms with E-state index in [1.165, 1.54) is 18.2 Å². The number of carbonyl (C=O) groups is 1. The maximum atomic E-state index is 13.2. The monoisotopic (exact) mass is 380 g/mol. The molecule has 1 amide bonds. The number of ether oxygens (including phenoxy) is 2. The molecule has 3 rings (SSSR count). The van der Waals surface area contributed by atoms with Gasteiger partial charge < -0.3 is 14.8 Å². The Bertz CT molecular complexity index is 933. The highest BCUT2D eigenvalue weighted by Crippen LogP contribution is 2.35. The highest BCUT2D eigenvalue weighted by Gasteiger charge is 2.21. The number of nitrogens with one attached hydrogen (secondary N) is 1. The number of anilines is 1. The van der Waals surface area contributed by atoms with Crippen molar-refractivity contribution in [2.75, 3.05) is 30.4 Å². The van der Waals surface area contributed by atoms with Crippen LogP contribution >= 0.6 is 0 Å². The first kappa shape index (κ1) is 18.0. The number of sulfonamides is 1. The third-order valence-corrected chi connectivity index (χ3v) is 4.93. The fraction of sp³-hybridized carbons (Fsp3) is 0.235. The van der Waals surface area contributed by atoms with Gasteiger partial charge in [0.1, 0.15) is 5.82 Å². The van der Waals surface area contributed by atoms with Gasteiger partial charge in [-0.25, -0.2) is 12.8 Å². The summed E-state index contributed by atoms with van der Waals surface area (Å²) in [7, 11) is -3.58.